The molecule has 3 rings (SSSR count). The Hall–Kier alpha value is -2.87. The number of carbonyl (C=O) groups is 1. The fourth-order valence-corrected chi connectivity index (χ4v) is 6.02. The van der Waals surface area contributed by atoms with Crippen molar-refractivity contribution in [3.05, 3.63) is 50.0 Å². The molecular weight excluding hydrogens is 625 g/mol. The molecule has 9 nitrogen and oxygen atoms in total. The van der Waals surface area contributed by atoms with E-state index in [1.54, 1.807) is 0 Å². The Morgan fingerprint density at radius 2 is 1.95 bits per heavy atom. The van der Waals surface area contributed by atoms with Crippen LogP contribution in [0.25, 0.3) is 5.69 Å². The highest BCUT2D eigenvalue weighted by atomic mass is 35.5. The van der Waals surface area contributed by atoms with Gasteiger partial charge < -0.3 is 19.1 Å². The molecule has 1 aliphatic carbocycles. The number of thioether (sulfide) groups is 1. The first kappa shape index (κ1) is 37.3. The molecule has 0 bridgehead atoms. The number of carbonyl (C=O) groups excluding carboxylic acids is 1. The number of hydrogen-bond acceptors (Lipinski definition) is 9. The van der Waals surface area contributed by atoms with E-state index in [9.17, 15) is 14.7 Å². The topological polar surface area (TPSA) is 116 Å². The van der Waals surface area contributed by atoms with Crippen LogP contribution in [-0.4, -0.2) is 50.6 Å². The smallest absolute Gasteiger partial charge is 0.442 e. The largest absolute Gasteiger partial charge is 0.511 e. The highest BCUT2D eigenvalue weighted by Gasteiger charge is 2.31. The number of aromatic nitrogens is 2. The van der Waals surface area contributed by atoms with E-state index in [2.05, 4.69) is 30.0 Å². The Morgan fingerprint density at radius 3 is 2.50 bits per heavy atom. The number of aliphatic hydroxyl groups excluding tert-OH is 1. The number of ether oxygens (including phenoxy) is 1. The molecule has 0 aliphatic heterocycles. The van der Waals surface area contributed by atoms with E-state index in [4.69, 9.17) is 43.6 Å². The van der Waals surface area contributed by atoms with Crippen LogP contribution >= 0.6 is 35.0 Å². The molecule has 1 aliphatic rings. The number of Topliss-reactive ketones (excluding diaryl/α,β-unsaturated/α-hetero) is 1. The number of aliphatic hydroxyl groups is 1. The Bertz CT molecular complexity index is 1430. The molecule has 0 saturated heterocycles. The predicted molar refractivity (Wildman–Crippen MR) is 179 cm³/mol. The number of nitrogens with zero attached hydrogens (tertiary/aromatic N) is 3. The SMILES string of the molecule is C#CCOc1cc(-n2nc(C(C)(C)C)oc2=O)c(Cl)cc1Cl.CCCC(=NOCC)C1=C(O)CC(CC(C)SCC)CC1=O. The lowest BCUT2D eigenvalue weighted by Gasteiger charge is -2.25. The van der Waals surface area contributed by atoms with Gasteiger partial charge in [0, 0.05) is 29.6 Å². The van der Waals surface area contributed by atoms with Gasteiger partial charge in [0.2, 0.25) is 5.89 Å². The minimum absolute atomic E-state index is 0.00866. The van der Waals surface area contributed by atoms with Gasteiger partial charge in [0.05, 0.1) is 27.0 Å². The second-order valence-corrected chi connectivity index (χ2v) is 13.8. The Balaban J connectivity index is 0.000000307. The minimum Gasteiger partial charge on any atom is -0.511 e. The minimum atomic E-state index is -0.642. The molecule has 1 heterocycles. The molecule has 242 valence electrons. The summed E-state index contributed by atoms with van der Waals surface area (Å²) >= 11 is 14.1. The van der Waals surface area contributed by atoms with E-state index >= 15 is 0 Å². The molecular formula is C32H43Cl2N3O6S. The second-order valence-electron chi connectivity index (χ2n) is 11.3. The van der Waals surface area contributed by atoms with E-state index < -0.39 is 11.2 Å². The van der Waals surface area contributed by atoms with Gasteiger partial charge in [-0.25, -0.2) is 4.79 Å². The van der Waals surface area contributed by atoms with Crippen LogP contribution in [0, 0.1) is 18.3 Å². The van der Waals surface area contributed by atoms with Crippen molar-refractivity contribution in [3.63, 3.8) is 0 Å². The molecule has 0 spiro atoms. The zero-order valence-electron chi connectivity index (χ0n) is 26.5. The summed E-state index contributed by atoms with van der Waals surface area (Å²) in [5, 5.41) is 19.6. The van der Waals surface area contributed by atoms with Crippen molar-refractivity contribution in [1.29, 1.82) is 0 Å². The van der Waals surface area contributed by atoms with E-state index in [0.717, 1.165) is 23.3 Å². The number of rotatable bonds is 12. The van der Waals surface area contributed by atoms with Crippen LogP contribution in [-0.2, 0) is 15.0 Å². The summed E-state index contributed by atoms with van der Waals surface area (Å²) in [7, 11) is 0. The van der Waals surface area contributed by atoms with Crippen LogP contribution in [0.4, 0.5) is 0 Å². The van der Waals surface area contributed by atoms with Gasteiger partial charge in [-0.1, -0.05) is 82.2 Å². The van der Waals surface area contributed by atoms with Crippen LogP contribution in [0.2, 0.25) is 10.0 Å². The predicted octanol–water partition coefficient (Wildman–Crippen LogP) is 7.94. The maximum absolute atomic E-state index is 12.5. The molecule has 2 aromatic rings. The zero-order chi connectivity index (χ0) is 33.0. The van der Waals surface area contributed by atoms with Crippen LogP contribution < -0.4 is 10.5 Å². The molecule has 12 heteroatoms. The summed E-state index contributed by atoms with van der Waals surface area (Å²) in [5.74, 6) is 3.83. The van der Waals surface area contributed by atoms with Gasteiger partial charge in [0.1, 0.15) is 24.7 Å². The number of allylic oxidation sites excluding steroid dienone is 2. The zero-order valence-corrected chi connectivity index (χ0v) is 28.9. The fraction of sp³-hybridized carbons (Fsp3) is 0.562. The van der Waals surface area contributed by atoms with Gasteiger partial charge in [0.25, 0.3) is 0 Å². The quantitative estimate of drug-likeness (QED) is 0.138. The number of hydrogen-bond donors (Lipinski definition) is 1. The van der Waals surface area contributed by atoms with Gasteiger partial charge in [-0.15, -0.1) is 11.5 Å². The first-order chi connectivity index (χ1) is 20.8. The normalized spacial score (nSPS) is 16.2. The molecule has 0 radical (unpaired) electrons. The van der Waals surface area contributed by atoms with Crippen molar-refractivity contribution < 1.29 is 23.9 Å². The van der Waals surface area contributed by atoms with Gasteiger partial charge in [-0.05, 0) is 37.5 Å². The van der Waals surface area contributed by atoms with E-state index in [-0.39, 0.29) is 34.1 Å². The van der Waals surface area contributed by atoms with Crippen LogP contribution in [0.1, 0.15) is 86.5 Å². The fourth-order valence-electron chi connectivity index (χ4n) is 4.53. The van der Waals surface area contributed by atoms with E-state index in [1.807, 2.05) is 46.4 Å². The molecule has 2 unspecified atom stereocenters. The first-order valence-corrected chi connectivity index (χ1v) is 16.5. The van der Waals surface area contributed by atoms with Gasteiger partial charge in [-0.3, -0.25) is 4.79 Å². The van der Waals surface area contributed by atoms with Crippen molar-refractivity contribution in [2.24, 2.45) is 11.1 Å². The Morgan fingerprint density at radius 1 is 1.25 bits per heavy atom. The average Bonchev–Trinajstić information content (AvgIpc) is 3.33. The van der Waals surface area contributed by atoms with Crippen molar-refractivity contribution in [1.82, 2.24) is 9.78 Å². The highest BCUT2D eigenvalue weighted by Crippen LogP contribution is 2.34. The molecule has 1 aromatic carbocycles. The average molecular weight is 669 g/mol. The van der Waals surface area contributed by atoms with Crippen molar-refractivity contribution in [2.75, 3.05) is 19.0 Å². The lowest BCUT2D eigenvalue weighted by atomic mass is 9.82. The second kappa shape index (κ2) is 17.6. The molecule has 44 heavy (non-hydrogen) atoms. The number of oxime groups is 1. The molecule has 0 amide bonds. The summed E-state index contributed by atoms with van der Waals surface area (Å²) in [6.45, 7) is 14.4. The summed E-state index contributed by atoms with van der Waals surface area (Å²) in [5.41, 5.74) is 0.900. The molecule has 0 fully saturated rings. The molecule has 0 saturated carbocycles. The lowest BCUT2D eigenvalue weighted by Crippen LogP contribution is -2.26. The number of benzene rings is 1. The maximum atomic E-state index is 12.5. The van der Waals surface area contributed by atoms with Crippen molar-refractivity contribution in [2.45, 2.75) is 91.2 Å². The van der Waals surface area contributed by atoms with Crippen molar-refractivity contribution in [3.8, 4) is 23.8 Å². The summed E-state index contributed by atoms with van der Waals surface area (Å²) in [4.78, 5) is 29.6. The highest BCUT2D eigenvalue weighted by molar-refractivity contribution is 7.99. The van der Waals surface area contributed by atoms with Crippen LogP contribution in [0.15, 0.2) is 37.8 Å². The van der Waals surface area contributed by atoms with Crippen molar-refractivity contribution >= 4 is 46.5 Å². The number of terminal acetylenes is 1. The third-order valence-corrected chi connectivity index (χ3v) is 8.14. The van der Waals surface area contributed by atoms with Gasteiger partial charge in [-0.2, -0.15) is 16.4 Å². The van der Waals surface area contributed by atoms with Crippen LogP contribution in [0.3, 0.4) is 0 Å². The van der Waals surface area contributed by atoms with E-state index in [0.29, 0.717) is 59.7 Å². The maximum Gasteiger partial charge on any atom is 0.442 e. The Kier molecular flexibility index (Phi) is 14.9. The van der Waals surface area contributed by atoms with Crippen LogP contribution in [0.5, 0.6) is 5.75 Å². The summed E-state index contributed by atoms with van der Waals surface area (Å²) in [6.07, 6.45) is 8.71. The van der Waals surface area contributed by atoms with Gasteiger partial charge in [0.15, 0.2) is 5.78 Å². The first-order valence-electron chi connectivity index (χ1n) is 14.7. The monoisotopic (exact) mass is 667 g/mol. The lowest BCUT2D eigenvalue weighted by molar-refractivity contribution is -0.116. The molecule has 2 atom stereocenters. The summed E-state index contributed by atoms with van der Waals surface area (Å²) < 4.78 is 11.6. The molecule has 1 N–H and O–H groups in total. The summed E-state index contributed by atoms with van der Waals surface area (Å²) in [6, 6.07) is 2.96. The van der Waals surface area contributed by atoms with E-state index in [1.165, 1.54) is 12.1 Å². The number of halogens is 2. The molecule has 1 aromatic heterocycles. The number of ketones is 1. The van der Waals surface area contributed by atoms with Gasteiger partial charge >= 0.3 is 5.76 Å². The third-order valence-electron chi connectivity index (χ3n) is 6.45. The Labute approximate surface area is 274 Å². The third kappa shape index (κ3) is 10.6. The standard InChI is InChI=1S/C17H29NO3S.C15H14Cl2N2O3/c1-5-8-14(18-21-6-2)17-15(19)10-13(11-16(17)20)9-12(4)22-7-3;1-5-6-21-12-8-11(9(16)7-10(12)17)19-14(20)22-13(18-19)15(2,3)4/h12-13,19H,5-11H2,1-4H3;1,7-8H,6H2,2-4H3.